The van der Waals surface area contributed by atoms with Crippen molar-refractivity contribution < 1.29 is 9.48 Å². The molecule has 33 heavy (non-hydrogen) atoms. The van der Waals surface area contributed by atoms with Crippen molar-refractivity contribution >= 4 is 46.6 Å². The highest BCUT2D eigenvalue weighted by Gasteiger charge is 2.45. The van der Waals surface area contributed by atoms with Crippen LogP contribution >= 0.6 is 35.0 Å². The van der Waals surface area contributed by atoms with E-state index in [-0.39, 0.29) is 11.5 Å². The number of aromatic nitrogens is 3. The predicted octanol–water partition coefficient (Wildman–Crippen LogP) is 5.62. The first kappa shape index (κ1) is 23.8. The number of carbonyl (C=O) groups excluding carboxylic acids is 1. The number of amides is 1. The van der Waals surface area contributed by atoms with Crippen LogP contribution in [0.5, 0.6) is 0 Å². The lowest BCUT2D eigenvalue weighted by Gasteiger charge is -2.31. The molecule has 0 bridgehead atoms. The molecule has 6 nitrogen and oxygen atoms in total. The number of hydrogen-bond acceptors (Lipinski definition) is 4. The van der Waals surface area contributed by atoms with Gasteiger partial charge >= 0.3 is 11.3 Å². The van der Waals surface area contributed by atoms with Crippen LogP contribution in [0.25, 0.3) is 11.3 Å². The Labute approximate surface area is 206 Å². The van der Waals surface area contributed by atoms with Gasteiger partial charge in [-0.2, -0.15) is 0 Å². The molecule has 0 spiro atoms. The molecule has 1 atom stereocenters. The van der Waals surface area contributed by atoms with Gasteiger partial charge < -0.3 is 0 Å². The molecular formula is C24H25Cl2N4O2S+. The summed E-state index contributed by atoms with van der Waals surface area (Å²) < 4.78 is 1.61. The molecule has 0 radical (unpaired) electrons. The Kier molecular flexibility index (Phi) is 7.41. The summed E-state index contributed by atoms with van der Waals surface area (Å²) in [6, 6.07) is 12.6. The van der Waals surface area contributed by atoms with Crippen molar-refractivity contribution in [1.29, 1.82) is 0 Å². The lowest BCUT2D eigenvalue weighted by molar-refractivity contribution is -0.763. The van der Waals surface area contributed by atoms with Crippen LogP contribution in [0.1, 0.15) is 51.3 Å². The van der Waals surface area contributed by atoms with Gasteiger partial charge in [0.05, 0.1) is 26.9 Å². The lowest BCUT2D eigenvalue weighted by atomic mass is 10.0. The van der Waals surface area contributed by atoms with E-state index < -0.39 is 6.17 Å². The molecule has 0 saturated carbocycles. The Balaban J connectivity index is 1.89. The standard InChI is InChI=1S/C24H24Cl2N4O2S/c1-3-4-5-8-14-33-24-27-22(32)21-16-10-6-7-13-19(16)29(15(2)31)23(30(21)28-24)17-11-9-12-18(25)20(17)26/h6-7,9-13,23H,3-5,8,14H2,1-2H3/p+1/t23-/m0/s1. The molecule has 1 N–H and O–H groups in total. The van der Waals surface area contributed by atoms with Crippen molar-refractivity contribution in [2.24, 2.45) is 0 Å². The molecule has 0 saturated heterocycles. The third-order valence-electron chi connectivity index (χ3n) is 5.59. The third kappa shape index (κ3) is 4.67. The van der Waals surface area contributed by atoms with E-state index in [1.807, 2.05) is 24.3 Å². The van der Waals surface area contributed by atoms with Gasteiger partial charge in [-0.25, -0.2) is 4.90 Å². The van der Waals surface area contributed by atoms with Gasteiger partial charge in [0.25, 0.3) is 6.17 Å². The summed E-state index contributed by atoms with van der Waals surface area (Å²) in [5.74, 6) is 0.648. The van der Waals surface area contributed by atoms with Gasteiger partial charge in [-0.3, -0.25) is 14.6 Å². The smallest absolute Gasteiger partial charge is 0.291 e. The zero-order valence-electron chi connectivity index (χ0n) is 18.5. The Morgan fingerprint density at radius 3 is 2.70 bits per heavy atom. The fourth-order valence-corrected chi connectivity index (χ4v) is 5.33. The van der Waals surface area contributed by atoms with Crippen molar-refractivity contribution in [1.82, 2.24) is 10.1 Å². The first-order valence-electron chi connectivity index (χ1n) is 11.0. The van der Waals surface area contributed by atoms with E-state index in [0.29, 0.717) is 37.7 Å². The van der Waals surface area contributed by atoms with Gasteiger partial charge in [0.1, 0.15) is 0 Å². The molecule has 2 heterocycles. The van der Waals surface area contributed by atoms with Crippen LogP contribution in [0.15, 0.2) is 52.4 Å². The number of hydrogen-bond donors (Lipinski definition) is 1. The van der Waals surface area contributed by atoms with E-state index in [9.17, 15) is 9.59 Å². The summed E-state index contributed by atoms with van der Waals surface area (Å²) in [5.41, 5.74) is 1.96. The normalized spacial score (nSPS) is 14.7. The van der Waals surface area contributed by atoms with E-state index in [4.69, 9.17) is 28.3 Å². The van der Waals surface area contributed by atoms with Crippen LogP contribution in [0, 0.1) is 0 Å². The van der Waals surface area contributed by atoms with Crippen LogP contribution in [0.4, 0.5) is 5.69 Å². The van der Waals surface area contributed by atoms with E-state index in [1.165, 1.54) is 25.1 Å². The maximum absolute atomic E-state index is 13.3. The van der Waals surface area contributed by atoms with Gasteiger partial charge in [-0.05, 0) is 35.4 Å². The Morgan fingerprint density at radius 2 is 1.94 bits per heavy atom. The Morgan fingerprint density at radius 1 is 1.15 bits per heavy atom. The minimum atomic E-state index is -0.750. The summed E-state index contributed by atoms with van der Waals surface area (Å²) in [6.07, 6.45) is 3.77. The molecule has 0 fully saturated rings. The number of aromatic amines is 1. The van der Waals surface area contributed by atoms with Gasteiger partial charge in [0.15, 0.2) is 0 Å². The van der Waals surface area contributed by atoms with E-state index >= 15 is 0 Å². The number of rotatable bonds is 7. The SMILES string of the molecule is CCCCCCSc1n[n+]2c(c(=O)[nH]1)-c1ccccc1N(C(C)=O)[C@@H]2c1cccc(Cl)c1Cl. The predicted molar refractivity (Wildman–Crippen MR) is 133 cm³/mol. The molecule has 172 valence electrons. The highest BCUT2D eigenvalue weighted by atomic mass is 35.5. The molecule has 1 aliphatic heterocycles. The second-order valence-corrected chi connectivity index (χ2v) is 9.75. The fourth-order valence-electron chi connectivity index (χ4n) is 4.08. The molecule has 9 heteroatoms. The number of halogens is 2. The largest absolute Gasteiger partial charge is 0.325 e. The number of fused-ring (bicyclic) bond motifs is 3. The van der Waals surface area contributed by atoms with E-state index in [1.54, 1.807) is 27.8 Å². The summed E-state index contributed by atoms with van der Waals surface area (Å²) in [5, 5.41) is 5.98. The first-order valence-corrected chi connectivity index (χ1v) is 12.7. The maximum Gasteiger partial charge on any atom is 0.325 e. The number of carbonyl (C=O) groups is 1. The van der Waals surface area contributed by atoms with Crippen molar-refractivity contribution in [3.63, 3.8) is 0 Å². The molecule has 1 amide bonds. The van der Waals surface area contributed by atoms with Gasteiger partial charge in [-0.15, -0.1) is 0 Å². The number of nitrogens with one attached hydrogen (secondary N) is 1. The third-order valence-corrected chi connectivity index (χ3v) is 7.38. The van der Waals surface area contributed by atoms with E-state index in [2.05, 4.69) is 11.9 Å². The Bertz CT molecular complexity index is 1250. The molecule has 1 aromatic heterocycles. The average Bonchev–Trinajstić information content (AvgIpc) is 2.79. The minimum Gasteiger partial charge on any atom is -0.291 e. The van der Waals surface area contributed by atoms with Crippen molar-refractivity contribution in [2.75, 3.05) is 10.7 Å². The van der Waals surface area contributed by atoms with Crippen molar-refractivity contribution in [3.05, 3.63) is 68.4 Å². The average molecular weight is 504 g/mol. The lowest BCUT2D eigenvalue weighted by Crippen LogP contribution is -2.60. The van der Waals surface area contributed by atoms with E-state index in [0.717, 1.165) is 25.0 Å². The molecule has 1 aliphatic rings. The van der Waals surface area contributed by atoms with Gasteiger partial charge in [0.2, 0.25) is 11.1 Å². The Hall–Kier alpha value is -2.35. The number of unbranched alkanes of at least 4 members (excludes halogenated alkanes) is 3. The summed E-state index contributed by atoms with van der Waals surface area (Å²) >= 11 is 14.4. The number of benzene rings is 2. The molecule has 3 aromatic rings. The second kappa shape index (κ2) is 10.3. The number of nitrogens with zero attached hydrogens (tertiary/aromatic N) is 3. The quantitative estimate of drug-likeness (QED) is 0.258. The highest BCUT2D eigenvalue weighted by Crippen LogP contribution is 2.40. The topological polar surface area (TPSA) is 69.9 Å². The molecule has 0 unspecified atom stereocenters. The molecule has 4 rings (SSSR count). The van der Waals surface area contributed by atoms with Crippen LogP contribution in [-0.2, 0) is 4.79 Å². The second-order valence-electron chi connectivity index (χ2n) is 7.88. The molecule has 0 aliphatic carbocycles. The molecule has 2 aromatic carbocycles. The minimum absolute atomic E-state index is 0.197. The highest BCUT2D eigenvalue weighted by molar-refractivity contribution is 7.99. The maximum atomic E-state index is 13.3. The first-order chi connectivity index (χ1) is 15.9. The van der Waals surface area contributed by atoms with Crippen LogP contribution in [0.2, 0.25) is 10.0 Å². The monoisotopic (exact) mass is 503 g/mol. The van der Waals surface area contributed by atoms with Crippen molar-refractivity contribution in [2.45, 2.75) is 50.9 Å². The fraction of sp³-hybridized carbons (Fsp3) is 0.333. The number of H-pyrrole nitrogens is 1. The van der Waals surface area contributed by atoms with Crippen LogP contribution in [0.3, 0.4) is 0 Å². The van der Waals surface area contributed by atoms with Crippen LogP contribution < -0.4 is 15.1 Å². The van der Waals surface area contributed by atoms with Crippen LogP contribution in [-0.4, -0.2) is 21.7 Å². The summed E-state index contributed by atoms with van der Waals surface area (Å²) in [6.45, 7) is 3.66. The molecular weight excluding hydrogens is 479 g/mol. The zero-order valence-corrected chi connectivity index (χ0v) is 20.8. The number of thioether (sulfide) groups is 1. The van der Waals surface area contributed by atoms with Crippen molar-refractivity contribution in [3.8, 4) is 11.3 Å². The van der Waals surface area contributed by atoms with Gasteiger partial charge in [-0.1, -0.05) is 79.3 Å². The van der Waals surface area contributed by atoms with Gasteiger partial charge in [0, 0.05) is 17.8 Å². The summed E-state index contributed by atoms with van der Waals surface area (Å²) in [4.78, 5) is 30.7. The zero-order chi connectivity index (χ0) is 23.5. The summed E-state index contributed by atoms with van der Waals surface area (Å²) in [7, 11) is 0. The number of para-hydroxylation sites is 1. The number of anilines is 1.